The Balaban J connectivity index is 2.60. The first-order chi connectivity index (χ1) is 9.10. The number of rotatable bonds is 2. The molecule has 0 radical (unpaired) electrons. The van der Waals surface area contributed by atoms with Crippen LogP contribution in [-0.4, -0.2) is 27.0 Å². The third kappa shape index (κ3) is 2.19. The zero-order valence-electron chi connectivity index (χ0n) is 12.3. The van der Waals surface area contributed by atoms with Crippen molar-refractivity contribution in [2.45, 2.75) is 50.9 Å². The highest BCUT2D eigenvalue weighted by Crippen LogP contribution is 2.45. The van der Waals surface area contributed by atoms with Crippen molar-refractivity contribution >= 4 is 0 Å². The minimum Gasteiger partial charge on any atom is -0.508 e. The summed E-state index contributed by atoms with van der Waals surface area (Å²) in [5.74, 6) is 0.540. The van der Waals surface area contributed by atoms with Crippen LogP contribution in [0.3, 0.4) is 0 Å². The van der Waals surface area contributed by atoms with Crippen LogP contribution in [0.1, 0.15) is 44.9 Å². The van der Waals surface area contributed by atoms with Gasteiger partial charge in [0.25, 0.3) is 0 Å². The van der Waals surface area contributed by atoms with Crippen molar-refractivity contribution < 1.29 is 20.1 Å². The average molecular weight is 278 g/mol. The SMILES string of the molecule is C=CC(C)(C)c1cc2c(cc1O)[C@@H](O)[C@H](O)C(C)(C)O2. The Morgan fingerprint density at radius 3 is 2.45 bits per heavy atom. The van der Waals surface area contributed by atoms with Gasteiger partial charge in [-0.05, 0) is 26.0 Å². The number of phenols is 1. The lowest BCUT2D eigenvalue weighted by atomic mass is 9.81. The lowest BCUT2D eigenvalue weighted by molar-refractivity contribution is -0.111. The van der Waals surface area contributed by atoms with Crippen molar-refractivity contribution in [1.29, 1.82) is 0 Å². The number of phenolic OH excluding ortho intramolecular Hbond substituents is 1. The van der Waals surface area contributed by atoms with E-state index in [1.807, 2.05) is 13.8 Å². The minimum atomic E-state index is -1.08. The zero-order valence-corrected chi connectivity index (χ0v) is 12.3. The fourth-order valence-electron chi connectivity index (χ4n) is 2.42. The van der Waals surface area contributed by atoms with Crippen LogP contribution in [0.15, 0.2) is 24.8 Å². The molecule has 0 unspecified atom stereocenters. The number of aromatic hydroxyl groups is 1. The Morgan fingerprint density at radius 1 is 1.30 bits per heavy atom. The smallest absolute Gasteiger partial charge is 0.132 e. The van der Waals surface area contributed by atoms with Gasteiger partial charge < -0.3 is 20.1 Å². The van der Waals surface area contributed by atoms with Crippen molar-refractivity contribution in [2.24, 2.45) is 0 Å². The lowest BCUT2D eigenvalue weighted by Crippen LogP contribution is -2.48. The molecule has 0 spiro atoms. The molecule has 1 aromatic carbocycles. The van der Waals surface area contributed by atoms with Crippen LogP contribution in [0, 0.1) is 0 Å². The molecule has 0 fully saturated rings. The maximum atomic E-state index is 10.2. The Morgan fingerprint density at radius 2 is 1.90 bits per heavy atom. The van der Waals surface area contributed by atoms with Crippen molar-refractivity contribution in [3.8, 4) is 11.5 Å². The van der Waals surface area contributed by atoms with Crippen LogP contribution >= 0.6 is 0 Å². The van der Waals surface area contributed by atoms with Gasteiger partial charge in [-0.15, -0.1) is 6.58 Å². The Labute approximate surface area is 119 Å². The van der Waals surface area contributed by atoms with E-state index >= 15 is 0 Å². The third-order valence-corrected chi connectivity index (χ3v) is 4.04. The number of aliphatic hydroxyl groups is 2. The second kappa shape index (κ2) is 4.50. The molecule has 20 heavy (non-hydrogen) atoms. The van der Waals surface area contributed by atoms with Crippen molar-refractivity contribution in [2.75, 3.05) is 0 Å². The molecule has 2 rings (SSSR count). The van der Waals surface area contributed by atoms with Crippen LogP contribution in [0.25, 0.3) is 0 Å². The molecule has 0 bridgehead atoms. The van der Waals surface area contributed by atoms with E-state index in [0.717, 1.165) is 0 Å². The molecule has 0 aliphatic carbocycles. The molecule has 110 valence electrons. The summed E-state index contributed by atoms with van der Waals surface area (Å²) in [5, 5.41) is 30.4. The summed E-state index contributed by atoms with van der Waals surface area (Å²) >= 11 is 0. The van der Waals surface area contributed by atoms with Gasteiger partial charge in [0.1, 0.15) is 29.3 Å². The Hall–Kier alpha value is -1.52. The van der Waals surface area contributed by atoms with E-state index in [1.165, 1.54) is 6.07 Å². The first-order valence-corrected chi connectivity index (χ1v) is 6.66. The average Bonchev–Trinajstić information content (AvgIpc) is 2.36. The molecule has 0 saturated carbocycles. The molecule has 0 saturated heterocycles. The number of benzene rings is 1. The summed E-state index contributed by atoms with van der Waals surface area (Å²) in [6.45, 7) is 11.1. The second-order valence-corrected chi connectivity index (χ2v) is 6.43. The van der Waals surface area contributed by atoms with E-state index in [9.17, 15) is 15.3 Å². The predicted octanol–water partition coefficient (Wildman–Crippen LogP) is 2.42. The normalized spacial score (nSPS) is 24.7. The molecule has 0 amide bonds. The van der Waals surface area contributed by atoms with E-state index in [2.05, 4.69) is 6.58 Å². The topological polar surface area (TPSA) is 69.9 Å². The molecule has 0 aromatic heterocycles. The maximum Gasteiger partial charge on any atom is 0.132 e. The summed E-state index contributed by atoms with van der Waals surface area (Å²) in [4.78, 5) is 0. The minimum absolute atomic E-state index is 0.0585. The van der Waals surface area contributed by atoms with Gasteiger partial charge in [0.05, 0.1) is 0 Å². The molecule has 1 aliphatic rings. The highest BCUT2D eigenvalue weighted by molar-refractivity contribution is 5.52. The standard InChI is InChI=1S/C16H22O4/c1-6-15(2,3)10-8-12-9(7-11(10)17)13(18)14(19)16(4,5)20-12/h6-8,13-14,17-19H,1H2,2-5H3/t13-,14+/m1/s1. The van der Waals surface area contributed by atoms with Crippen LogP contribution in [-0.2, 0) is 5.41 Å². The zero-order chi connectivity index (χ0) is 15.3. The molecule has 4 nitrogen and oxygen atoms in total. The number of hydrogen-bond donors (Lipinski definition) is 3. The van der Waals surface area contributed by atoms with Crippen molar-refractivity contribution in [3.05, 3.63) is 35.9 Å². The van der Waals surface area contributed by atoms with Crippen molar-refractivity contribution in [1.82, 2.24) is 0 Å². The summed E-state index contributed by atoms with van der Waals surface area (Å²) in [5.41, 5.74) is -0.240. The van der Waals surface area contributed by atoms with Crippen LogP contribution < -0.4 is 4.74 Å². The molecule has 3 N–H and O–H groups in total. The van der Waals surface area contributed by atoms with Gasteiger partial charge >= 0.3 is 0 Å². The summed E-state index contributed by atoms with van der Waals surface area (Å²) in [6.07, 6.45) is -0.388. The second-order valence-electron chi connectivity index (χ2n) is 6.43. The number of hydrogen-bond acceptors (Lipinski definition) is 4. The first-order valence-electron chi connectivity index (χ1n) is 6.66. The molecule has 1 heterocycles. The van der Waals surface area contributed by atoms with Gasteiger partial charge in [-0.3, -0.25) is 0 Å². The van der Waals surface area contributed by atoms with Gasteiger partial charge in [-0.1, -0.05) is 19.9 Å². The highest BCUT2D eigenvalue weighted by atomic mass is 16.5. The fourth-order valence-corrected chi connectivity index (χ4v) is 2.42. The van der Waals surface area contributed by atoms with E-state index in [0.29, 0.717) is 16.9 Å². The van der Waals surface area contributed by atoms with Crippen LogP contribution in [0.5, 0.6) is 11.5 Å². The fraction of sp³-hybridized carbons (Fsp3) is 0.500. The first kappa shape index (κ1) is 14.9. The maximum absolute atomic E-state index is 10.2. The largest absolute Gasteiger partial charge is 0.508 e. The number of fused-ring (bicyclic) bond motifs is 1. The number of aliphatic hydroxyl groups excluding tert-OH is 2. The Bertz CT molecular complexity index is 546. The van der Waals surface area contributed by atoms with Gasteiger partial charge in [-0.2, -0.15) is 0 Å². The van der Waals surface area contributed by atoms with E-state index in [4.69, 9.17) is 4.74 Å². The molecule has 4 heteroatoms. The van der Waals surface area contributed by atoms with Gasteiger partial charge in [0.2, 0.25) is 0 Å². The number of allylic oxidation sites excluding steroid dienone is 1. The lowest BCUT2D eigenvalue weighted by Gasteiger charge is -2.40. The van der Waals surface area contributed by atoms with E-state index in [1.54, 1.807) is 26.0 Å². The quantitative estimate of drug-likeness (QED) is 0.727. The Kier molecular flexibility index (Phi) is 3.35. The molecule has 2 atom stereocenters. The highest BCUT2D eigenvalue weighted by Gasteiger charge is 2.43. The number of ether oxygens (including phenoxy) is 1. The van der Waals surface area contributed by atoms with Gasteiger partial charge in [-0.25, -0.2) is 0 Å². The van der Waals surface area contributed by atoms with Crippen LogP contribution in [0.2, 0.25) is 0 Å². The summed E-state index contributed by atoms with van der Waals surface area (Å²) in [6, 6.07) is 3.17. The van der Waals surface area contributed by atoms with Crippen molar-refractivity contribution in [3.63, 3.8) is 0 Å². The van der Waals surface area contributed by atoms with Gasteiger partial charge in [0.15, 0.2) is 0 Å². The third-order valence-electron chi connectivity index (χ3n) is 4.04. The van der Waals surface area contributed by atoms with Gasteiger partial charge in [0, 0.05) is 16.5 Å². The summed E-state index contributed by atoms with van der Waals surface area (Å²) < 4.78 is 5.78. The monoisotopic (exact) mass is 278 g/mol. The molecular formula is C16H22O4. The molecule has 1 aromatic rings. The van der Waals surface area contributed by atoms with Crippen LogP contribution in [0.4, 0.5) is 0 Å². The predicted molar refractivity (Wildman–Crippen MR) is 77.0 cm³/mol. The molecular weight excluding hydrogens is 256 g/mol. The van der Waals surface area contributed by atoms with E-state index < -0.39 is 23.2 Å². The molecule has 1 aliphatic heterocycles. The summed E-state index contributed by atoms with van der Waals surface area (Å²) in [7, 11) is 0. The van der Waals surface area contributed by atoms with E-state index in [-0.39, 0.29) is 5.75 Å².